The van der Waals surface area contributed by atoms with Gasteiger partial charge in [0.2, 0.25) is 0 Å². The Kier molecular flexibility index (Phi) is 2.81. The first-order chi connectivity index (χ1) is 7.65. The largest absolute Gasteiger partial charge is 0.311 e. The van der Waals surface area contributed by atoms with Crippen LogP contribution in [0.25, 0.3) is 0 Å². The summed E-state index contributed by atoms with van der Waals surface area (Å²) in [5, 5.41) is 0. The fourth-order valence-electron chi connectivity index (χ4n) is 1.48. The summed E-state index contributed by atoms with van der Waals surface area (Å²) in [6.07, 6.45) is 4.39. The highest BCUT2D eigenvalue weighted by molar-refractivity contribution is 5.13. The quantitative estimate of drug-likeness (QED) is 0.769. The molecule has 2 heterocycles. The fourth-order valence-corrected chi connectivity index (χ4v) is 1.48. The van der Waals surface area contributed by atoms with Gasteiger partial charge in [-0.2, -0.15) is 0 Å². The van der Waals surface area contributed by atoms with Crippen LogP contribution in [-0.2, 0) is 6.54 Å². The number of nitrogens with zero attached hydrogens (tertiary/aromatic N) is 2. The maximum atomic E-state index is 12.9. The van der Waals surface area contributed by atoms with Gasteiger partial charge in [0.05, 0.1) is 12.7 Å². The van der Waals surface area contributed by atoms with Gasteiger partial charge in [0.15, 0.2) is 0 Å². The number of hydrogen-bond acceptors (Lipinski definition) is 2. The lowest BCUT2D eigenvalue weighted by molar-refractivity contribution is 0.615. The van der Waals surface area contributed by atoms with Crippen LogP contribution in [0.4, 0.5) is 4.39 Å². The molecule has 0 aliphatic rings. The summed E-state index contributed by atoms with van der Waals surface area (Å²) in [4.78, 5) is 15.3. The van der Waals surface area contributed by atoms with Crippen LogP contribution in [0.3, 0.4) is 0 Å². The van der Waals surface area contributed by atoms with Crippen LogP contribution in [0.1, 0.15) is 11.1 Å². The highest BCUT2D eigenvalue weighted by Gasteiger charge is 1.99. The minimum absolute atomic E-state index is 0.0933. The fraction of sp³-hybridized carbons (Fsp3) is 0.167. The lowest BCUT2D eigenvalue weighted by atomic mass is 10.2. The van der Waals surface area contributed by atoms with Crippen LogP contribution in [0.5, 0.6) is 0 Å². The summed E-state index contributed by atoms with van der Waals surface area (Å²) < 4.78 is 14.4. The minimum Gasteiger partial charge on any atom is -0.311 e. The Bertz CT molecular complexity index is 563. The van der Waals surface area contributed by atoms with E-state index < -0.39 is 5.82 Å². The summed E-state index contributed by atoms with van der Waals surface area (Å²) in [6.45, 7) is 2.19. The van der Waals surface area contributed by atoms with Gasteiger partial charge in [-0.3, -0.25) is 9.78 Å². The van der Waals surface area contributed by atoms with E-state index in [1.54, 1.807) is 18.5 Å². The van der Waals surface area contributed by atoms with Gasteiger partial charge in [-0.15, -0.1) is 0 Å². The Morgan fingerprint density at radius 1 is 1.38 bits per heavy atom. The molecule has 3 nitrogen and oxygen atoms in total. The lowest BCUT2D eigenvalue weighted by Crippen LogP contribution is -2.19. The molecule has 0 saturated heterocycles. The van der Waals surface area contributed by atoms with Crippen LogP contribution < -0.4 is 5.56 Å². The van der Waals surface area contributed by atoms with E-state index in [0.717, 1.165) is 11.8 Å². The maximum Gasteiger partial charge on any atom is 0.251 e. The molecule has 0 amide bonds. The topological polar surface area (TPSA) is 34.9 Å². The average Bonchev–Trinajstić information content (AvgIpc) is 2.22. The van der Waals surface area contributed by atoms with Crippen molar-refractivity contribution in [2.75, 3.05) is 0 Å². The number of halogens is 1. The summed E-state index contributed by atoms with van der Waals surface area (Å²) in [5.41, 5.74) is 1.49. The van der Waals surface area contributed by atoms with Gasteiger partial charge in [-0.1, -0.05) is 0 Å². The monoisotopic (exact) mass is 218 g/mol. The molecule has 0 saturated carbocycles. The minimum atomic E-state index is -0.391. The third-order valence-corrected chi connectivity index (χ3v) is 2.27. The Morgan fingerprint density at radius 3 is 2.88 bits per heavy atom. The summed E-state index contributed by atoms with van der Waals surface area (Å²) in [6, 6.07) is 4.76. The van der Waals surface area contributed by atoms with E-state index in [-0.39, 0.29) is 5.56 Å². The number of aromatic nitrogens is 2. The second-order valence-corrected chi connectivity index (χ2v) is 3.68. The second kappa shape index (κ2) is 4.26. The third kappa shape index (κ3) is 2.34. The number of pyridine rings is 2. The molecule has 2 aromatic heterocycles. The van der Waals surface area contributed by atoms with Gasteiger partial charge in [-0.05, 0) is 30.2 Å². The zero-order valence-corrected chi connectivity index (χ0v) is 8.85. The van der Waals surface area contributed by atoms with Gasteiger partial charge < -0.3 is 4.57 Å². The van der Waals surface area contributed by atoms with Crippen molar-refractivity contribution in [3.05, 3.63) is 64.1 Å². The molecule has 0 bridgehead atoms. The van der Waals surface area contributed by atoms with E-state index in [0.29, 0.717) is 12.1 Å². The van der Waals surface area contributed by atoms with Crippen molar-refractivity contribution < 1.29 is 4.39 Å². The molecule has 0 atom stereocenters. The van der Waals surface area contributed by atoms with Crippen molar-refractivity contribution in [2.24, 2.45) is 0 Å². The van der Waals surface area contributed by atoms with Crippen molar-refractivity contribution >= 4 is 0 Å². The first-order valence-electron chi connectivity index (χ1n) is 4.92. The lowest BCUT2D eigenvalue weighted by Gasteiger charge is -2.05. The molecule has 16 heavy (non-hydrogen) atoms. The number of hydrogen-bond donors (Lipinski definition) is 0. The van der Waals surface area contributed by atoms with Crippen molar-refractivity contribution in [3.8, 4) is 0 Å². The molecule has 0 aliphatic carbocycles. The molecule has 0 unspecified atom stereocenters. The predicted octanol–water partition coefficient (Wildman–Crippen LogP) is 1.74. The standard InChI is InChI=1S/C12H11FN2O/c1-9-2-3-15(12(16)4-9)8-10-5-11(13)7-14-6-10/h2-7H,8H2,1H3. The van der Waals surface area contributed by atoms with Crippen LogP contribution in [0.2, 0.25) is 0 Å². The SMILES string of the molecule is Cc1ccn(Cc2cncc(F)c2)c(=O)c1. The summed E-state index contributed by atoms with van der Waals surface area (Å²) >= 11 is 0. The van der Waals surface area contributed by atoms with E-state index in [9.17, 15) is 9.18 Å². The second-order valence-electron chi connectivity index (χ2n) is 3.68. The molecule has 0 aromatic carbocycles. The normalized spacial score (nSPS) is 10.4. The highest BCUT2D eigenvalue weighted by atomic mass is 19.1. The van der Waals surface area contributed by atoms with Crippen molar-refractivity contribution in [1.29, 1.82) is 0 Å². The summed E-state index contributed by atoms with van der Waals surface area (Å²) in [7, 11) is 0. The molecule has 0 fully saturated rings. The van der Waals surface area contributed by atoms with E-state index in [1.807, 2.05) is 13.0 Å². The van der Waals surface area contributed by atoms with Gasteiger partial charge in [-0.25, -0.2) is 4.39 Å². The van der Waals surface area contributed by atoms with Gasteiger partial charge in [0.25, 0.3) is 5.56 Å². The third-order valence-electron chi connectivity index (χ3n) is 2.27. The molecular weight excluding hydrogens is 207 g/mol. The number of rotatable bonds is 2. The first-order valence-corrected chi connectivity index (χ1v) is 4.92. The molecule has 0 N–H and O–H groups in total. The number of aryl methyl sites for hydroxylation is 1. The summed E-state index contributed by atoms with van der Waals surface area (Å²) in [5.74, 6) is -0.391. The van der Waals surface area contributed by atoms with Gasteiger partial charge >= 0.3 is 0 Å². The molecule has 0 spiro atoms. The van der Waals surface area contributed by atoms with E-state index in [2.05, 4.69) is 4.98 Å². The van der Waals surface area contributed by atoms with Gasteiger partial charge in [0.1, 0.15) is 5.82 Å². The molecule has 0 aliphatic heterocycles. The van der Waals surface area contributed by atoms with E-state index in [1.165, 1.54) is 10.6 Å². The van der Waals surface area contributed by atoms with Crippen LogP contribution in [0.15, 0.2) is 41.6 Å². The Hall–Kier alpha value is -1.97. The molecule has 4 heteroatoms. The molecule has 82 valence electrons. The Labute approximate surface area is 92.2 Å². The van der Waals surface area contributed by atoms with Crippen LogP contribution in [-0.4, -0.2) is 9.55 Å². The van der Waals surface area contributed by atoms with Crippen molar-refractivity contribution in [1.82, 2.24) is 9.55 Å². The first kappa shape index (κ1) is 10.5. The molecular formula is C12H11FN2O. The Morgan fingerprint density at radius 2 is 2.19 bits per heavy atom. The van der Waals surface area contributed by atoms with Crippen LogP contribution >= 0.6 is 0 Å². The molecule has 2 aromatic rings. The molecule has 0 radical (unpaired) electrons. The smallest absolute Gasteiger partial charge is 0.251 e. The average molecular weight is 218 g/mol. The Balaban J connectivity index is 2.31. The van der Waals surface area contributed by atoms with E-state index >= 15 is 0 Å². The highest BCUT2D eigenvalue weighted by Crippen LogP contribution is 2.02. The zero-order chi connectivity index (χ0) is 11.5. The van der Waals surface area contributed by atoms with Crippen molar-refractivity contribution in [3.63, 3.8) is 0 Å². The predicted molar refractivity (Wildman–Crippen MR) is 58.7 cm³/mol. The molecule has 2 rings (SSSR count). The van der Waals surface area contributed by atoms with E-state index in [4.69, 9.17) is 0 Å². The maximum absolute atomic E-state index is 12.9. The van der Waals surface area contributed by atoms with Crippen LogP contribution in [0, 0.1) is 12.7 Å². The zero-order valence-electron chi connectivity index (χ0n) is 8.85. The van der Waals surface area contributed by atoms with Gasteiger partial charge in [0, 0.05) is 18.5 Å². The van der Waals surface area contributed by atoms with Crippen molar-refractivity contribution in [2.45, 2.75) is 13.5 Å².